The lowest BCUT2D eigenvalue weighted by atomic mass is 9.94. The first-order valence-corrected chi connectivity index (χ1v) is 7.27. The third-order valence-corrected chi connectivity index (χ3v) is 4.40. The second-order valence-corrected chi connectivity index (χ2v) is 5.39. The van der Waals surface area contributed by atoms with E-state index in [-0.39, 0.29) is 34.1 Å². The van der Waals surface area contributed by atoms with Gasteiger partial charge in [0.15, 0.2) is 0 Å². The van der Waals surface area contributed by atoms with Gasteiger partial charge >= 0.3 is 15.9 Å². The van der Waals surface area contributed by atoms with Crippen LogP contribution in [0.2, 0.25) is 0 Å². The third kappa shape index (κ3) is 1.98. The summed E-state index contributed by atoms with van der Waals surface area (Å²) in [4.78, 5) is 0. The molecule has 3 atom stereocenters. The molecule has 93 valence electrons. The van der Waals surface area contributed by atoms with Crippen LogP contribution < -0.4 is 5.01 Å². The van der Waals surface area contributed by atoms with Crippen LogP contribution in [0.25, 0.3) is 0 Å². The standard InChI is InChI=1S/C13H16N2O2.Al/c1-3-11(16)12-9(2)14-15(13(12)17)10-7-5-4-6-8-10;/h4-8,11-13H,3H2,1-2H3;/q-2;+2. The Labute approximate surface area is 114 Å². The number of hydrazone groups is 1. The maximum Gasteiger partial charge on any atom is 0.670 e. The zero-order chi connectivity index (χ0) is 12.5. The molecule has 0 N–H and O–H groups in total. The minimum atomic E-state index is -0.384. The zero-order valence-electron chi connectivity index (χ0n) is 10.6. The lowest BCUT2D eigenvalue weighted by Gasteiger charge is -2.37. The summed E-state index contributed by atoms with van der Waals surface area (Å²) in [5.74, 6) is 0.261. The molecule has 0 amide bonds. The van der Waals surface area contributed by atoms with Crippen molar-refractivity contribution in [1.29, 1.82) is 0 Å². The van der Waals surface area contributed by atoms with Crippen molar-refractivity contribution in [3.8, 4) is 0 Å². The van der Waals surface area contributed by atoms with E-state index in [0.717, 1.165) is 17.8 Å². The van der Waals surface area contributed by atoms with Gasteiger partial charge in [-0.05, 0) is 25.5 Å². The van der Waals surface area contributed by atoms with E-state index in [0.29, 0.717) is 0 Å². The second kappa shape index (κ2) is 5.02. The maximum absolute atomic E-state index is 5.84. The first-order valence-electron chi connectivity index (χ1n) is 6.33. The van der Waals surface area contributed by atoms with Gasteiger partial charge in [0.2, 0.25) is 0 Å². The Morgan fingerprint density at radius 1 is 1.28 bits per heavy atom. The predicted octanol–water partition coefficient (Wildman–Crippen LogP) is 2.18. The Hall–Kier alpha value is -0.858. The first kappa shape index (κ1) is 12.2. The summed E-state index contributed by atoms with van der Waals surface area (Å²) in [6.07, 6.45) is 1.27. The largest absolute Gasteiger partial charge is 0.670 e. The summed E-state index contributed by atoms with van der Waals surface area (Å²) in [5, 5.41) is 6.66. The number of para-hydroxylation sites is 1. The molecule has 1 saturated heterocycles. The van der Waals surface area contributed by atoms with E-state index >= 15 is 0 Å². The molecule has 2 aliphatic rings. The monoisotopic (exact) mass is 259 g/mol. The molecule has 0 spiro atoms. The van der Waals surface area contributed by atoms with Crippen LogP contribution in [0.3, 0.4) is 0 Å². The fraction of sp³-hybridized carbons (Fsp3) is 0.462. The Morgan fingerprint density at radius 2 is 2.06 bits per heavy atom. The highest BCUT2D eigenvalue weighted by atomic mass is 27.2. The number of hydrogen-bond donors (Lipinski definition) is 0. The molecule has 2 heterocycles. The van der Waals surface area contributed by atoms with Crippen molar-refractivity contribution in [2.75, 3.05) is 5.01 Å². The number of rotatable bonds is 2. The minimum absolute atomic E-state index is 0.0149. The highest BCUT2D eigenvalue weighted by molar-refractivity contribution is 6.19. The number of benzene rings is 1. The molecule has 18 heavy (non-hydrogen) atoms. The van der Waals surface area contributed by atoms with E-state index in [1.807, 2.05) is 23.2 Å². The normalized spacial score (nSPS) is 30.7. The summed E-state index contributed by atoms with van der Waals surface area (Å²) < 4.78 is 11.6. The Balaban J connectivity index is 1.91. The molecule has 4 nitrogen and oxygen atoms in total. The Morgan fingerprint density at radius 3 is 2.78 bits per heavy atom. The van der Waals surface area contributed by atoms with E-state index in [1.54, 1.807) is 0 Å². The van der Waals surface area contributed by atoms with Crippen LogP contribution in [0.15, 0.2) is 35.4 Å². The predicted molar refractivity (Wildman–Crippen MR) is 71.3 cm³/mol. The average molecular weight is 259 g/mol. The number of nitrogens with zero attached hydrogens (tertiary/aromatic N) is 2. The fourth-order valence-electron chi connectivity index (χ4n) is 2.63. The van der Waals surface area contributed by atoms with Gasteiger partial charge in [-0.2, -0.15) is 5.10 Å². The zero-order valence-corrected chi connectivity index (χ0v) is 11.8. The van der Waals surface area contributed by atoms with E-state index < -0.39 is 0 Å². The van der Waals surface area contributed by atoms with E-state index in [2.05, 4.69) is 31.1 Å². The summed E-state index contributed by atoms with van der Waals surface area (Å²) in [7, 11) is 0. The molecule has 0 aromatic heterocycles. The minimum Gasteiger partial charge on any atom is -0.481 e. The van der Waals surface area contributed by atoms with Gasteiger partial charge < -0.3 is 7.58 Å². The van der Waals surface area contributed by atoms with Crippen LogP contribution in [0.4, 0.5) is 5.69 Å². The smallest absolute Gasteiger partial charge is 0.481 e. The van der Waals surface area contributed by atoms with Gasteiger partial charge in [-0.15, -0.1) is 0 Å². The number of anilines is 1. The molecular formula is C13H16AlN2O2. The average Bonchev–Trinajstić information content (AvgIpc) is 2.77. The highest BCUT2D eigenvalue weighted by Crippen LogP contribution is 2.34. The van der Waals surface area contributed by atoms with E-state index in [1.165, 1.54) is 0 Å². The van der Waals surface area contributed by atoms with Crippen molar-refractivity contribution >= 4 is 27.3 Å². The van der Waals surface area contributed by atoms with Crippen molar-refractivity contribution < 1.29 is 7.58 Å². The van der Waals surface area contributed by atoms with Gasteiger partial charge in [-0.25, -0.2) is 5.01 Å². The van der Waals surface area contributed by atoms with Crippen LogP contribution in [-0.2, 0) is 7.58 Å². The van der Waals surface area contributed by atoms with Crippen LogP contribution in [0.5, 0.6) is 0 Å². The van der Waals surface area contributed by atoms with Crippen molar-refractivity contribution in [1.82, 2.24) is 0 Å². The van der Waals surface area contributed by atoms with Crippen LogP contribution >= 0.6 is 0 Å². The molecule has 0 saturated carbocycles. The SMILES string of the molecule is CCC1[O][Al][O]C2C1C(C)=NN2c1ccccc1. The molecular weight excluding hydrogens is 243 g/mol. The summed E-state index contributed by atoms with van der Waals surface area (Å²) in [6.45, 7) is 4.22. The van der Waals surface area contributed by atoms with Crippen molar-refractivity contribution in [3.63, 3.8) is 0 Å². The van der Waals surface area contributed by atoms with Crippen molar-refractivity contribution in [3.05, 3.63) is 30.3 Å². The number of fused-ring (bicyclic) bond motifs is 1. The van der Waals surface area contributed by atoms with Crippen LogP contribution in [-0.4, -0.2) is 33.9 Å². The molecule has 1 radical (unpaired) electrons. The summed E-state index contributed by atoms with van der Waals surface area (Å²) >= 11 is -0.384. The molecule has 1 fully saturated rings. The van der Waals surface area contributed by atoms with Crippen molar-refractivity contribution in [2.24, 2.45) is 11.0 Å². The van der Waals surface area contributed by atoms with Gasteiger partial charge in [0, 0.05) is 11.8 Å². The molecule has 3 unspecified atom stereocenters. The Kier molecular flexibility index (Phi) is 3.40. The van der Waals surface area contributed by atoms with Crippen LogP contribution in [0.1, 0.15) is 20.3 Å². The molecule has 3 rings (SSSR count). The lowest BCUT2D eigenvalue weighted by Crippen LogP contribution is -2.48. The van der Waals surface area contributed by atoms with Gasteiger partial charge in [0.1, 0.15) is 6.23 Å². The number of hydrogen-bond acceptors (Lipinski definition) is 4. The Bertz CT molecular complexity index is 452. The van der Waals surface area contributed by atoms with Gasteiger partial charge in [-0.1, -0.05) is 25.1 Å². The van der Waals surface area contributed by atoms with Gasteiger partial charge in [-0.3, -0.25) is 0 Å². The molecule has 1 aromatic rings. The lowest BCUT2D eigenvalue weighted by molar-refractivity contribution is 0.00709. The van der Waals surface area contributed by atoms with Crippen LogP contribution in [0, 0.1) is 5.92 Å². The molecule has 5 heteroatoms. The van der Waals surface area contributed by atoms with E-state index in [4.69, 9.17) is 7.58 Å². The maximum atomic E-state index is 5.84. The molecule has 2 aliphatic heterocycles. The topological polar surface area (TPSA) is 34.1 Å². The quantitative estimate of drug-likeness (QED) is 0.763. The van der Waals surface area contributed by atoms with Gasteiger partial charge in [0.25, 0.3) is 0 Å². The van der Waals surface area contributed by atoms with Crippen molar-refractivity contribution in [2.45, 2.75) is 32.6 Å². The van der Waals surface area contributed by atoms with E-state index in [9.17, 15) is 0 Å². The fourth-order valence-corrected chi connectivity index (χ4v) is 3.59. The summed E-state index contributed by atoms with van der Waals surface area (Å²) in [5.41, 5.74) is 2.19. The molecule has 0 bridgehead atoms. The molecule has 0 aliphatic carbocycles. The summed E-state index contributed by atoms with van der Waals surface area (Å²) in [6, 6.07) is 10.2. The second-order valence-electron chi connectivity index (χ2n) is 4.65. The van der Waals surface area contributed by atoms with Gasteiger partial charge in [0.05, 0.1) is 11.6 Å². The molecule has 1 aromatic carbocycles. The first-order chi connectivity index (χ1) is 8.81. The third-order valence-electron chi connectivity index (χ3n) is 3.55. The highest BCUT2D eigenvalue weighted by Gasteiger charge is 2.44.